The molecule has 4 N–H and O–H groups in total. The predicted octanol–water partition coefficient (Wildman–Crippen LogP) is -1.17. The highest BCUT2D eigenvalue weighted by Crippen LogP contribution is 1.98. The summed E-state index contributed by atoms with van der Waals surface area (Å²) in [5.74, 6) is -1.71. The van der Waals surface area contributed by atoms with Crippen LogP contribution in [0.2, 0.25) is 0 Å². The van der Waals surface area contributed by atoms with Gasteiger partial charge in [-0.05, 0) is 0 Å². The van der Waals surface area contributed by atoms with Crippen molar-refractivity contribution in [3.8, 4) is 0 Å². The highest BCUT2D eigenvalue weighted by molar-refractivity contribution is 5.95. The molecule has 14 heavy (non-hydrogen) atoms. The zero-order chi connectivity index (χ0) is 10.6. The molecule has 0 aliphatic heterocycles. The number of rotatable bonds is 4. The molecule has 0 saturated carbocycles. The lowest BCUT2D eigenvalue weighted by Gasteiger charge is -1.97. The average molecular weight is 199 g/mol. The summed E-state index contributed by atoms with van der Waals surface area (Å²) in [4.78, 5) is 21.5. The van der Waals surface area contributed by atoms with Crippen LogP contribution >= 0.6 is 0 Å². The molecule has 7 nitrogen and oxygen atoms in total. The third kappa shape index (κ3) is 2.30. The Morgan fingerprint density at radius 1 is 1.57 bits per heavy atom. The fraction of sp³-hybridized carbons (Fsp3) is 0.286. The van der Waals surface area contributed by atoms with Gasteiger partial charge in [-0.1, -0.05) is 0 Å². The highest BCUT2D eigenvalue weighted by Gasteiger charge is 2.12. The fourth-order valence-corrected chi connectivity index (χ4v) is 0.808. The Hall–Kier alpha value is -1.89. The second-order valence-corrected chi connectivity index (χ2v) is 2.45. The molecule has 76 valence electrons. The lowest BCUT2D eigenvalue weighted by Crippen LogP contribution is -2.26. The summed E-state index contributed by atoms with van der Waals surface area (Å²) in [5.41, 5.74) is -0.171. The average Bonchev–Trinajstić information content (AvgIpc) is 2.62. The minimum Gasteiger partial charge on any atom is -0.477 e. The Labute approximate surface area is 78.7 Å². The van der Waals surface area contributed by atoms with Crippen molar-refractivity contribution in [1.82, 2.24) is 15.5 Å². The molecule has 0 aliphatic carbocycles. The van der Waals surface area contributed by atoms with E-state index in [9.17, 15) is 9.59 Å². The summed E-state index contributed by atoms with van der Waals surface area (Å²) in [6.45, 7) is -0.0734. The number of aliphatic hydroxyl groups excluding tert-OH is 1. The predicted molar refractivity (Wildman–Crippen MR) is 45.0 cm³/mol. The molecule has 7 heteroatoms. The minimum atomic E-state index is -1.18. The molecule has 0 fully saturated rings. The summed E-state index contributed by atoms with van der Waals surface area (Å²) >= 11 is 0. The second kappa shape index (κ2) is 4.38. The maximum atomic E-state index is 11.1. The van der Waals surface area contributed by atoms with Crippen LogP contribution in [0.5, 0.6) is 0 Å². The topological polar surface area (TPSA) is 115 Å². The van der Waals surface area contributed by atoms with E-state index in [1.54, 1.807) is 0 Å². The first-order valence-corrected chi connectivity index (χ1v) is 3.83. The molecule has 0 bridgehead atoms. The lowest BCUT2D eigenvalue weighted by molar-refractivity contribution is 0.0690. The maximum absolute atomic E-state index is 11.1. The van der Waals surface area contributed by atoms with Gasteiger partial charge in [0, 0.05) is 12.6 Å². The quantitative estimate of drug-likeness (QED) is 0.487. The van der Waals surface area contributed by atoms with Gasteiger partial charge in [0.05, 0.1) is 6.61 Å². The number of aliphatic hydroxyl groups is 1. The number of carbonyl (C=O) groups excluding carboxylic acids is 1. The molecule has 0 atom stereocenters. The van der Waals surface area contributed by atoms with Crippen LogP contribution in [0, 0.1) is 0 Å². The van der Waals surface area contributed by atoms with Crippen LogP contribution in [0.1, 0.15) is 21.0 Å². The number of carbonyl (C=O) groups is 2. The number of amides is 1. The number of hydrogen-bond acceptors (Lipinski definition) is 4. The maximum Gasteiger partial charge on any atom is 0.353 e. The van der Waals surface area contributed by atoms with Gasteiger partial charge in [0.1, 0.15) is 5.69 Å². The van der Waals surface area contributed by atoms with Crippen LogP contribution in [-0.2, 0) is 0 Å². The Morgan fingerprint density at radius 2 is 2.29 bits per heavy atom. The van der Waals surface area contributed by atoms with Gasteiger partial charge in [0.25, 0.3) is 5.91 Å². The van der Waals surface area contributed by atoms with Crippen LogP contribution in [0.4, 0.5) is 0 Å². The summed E-state index contributed by atoms with van der Waals surface area (Å²) in [5, 5.41) is 24.9. The van der Waals surface area contributed by atoms with Gasteiger partial charge < -0.3 is 15.5 Å². The summed E-state index contributed by atoms with van der Waals surface area (Å²) in [7, 11) is 0. The molecule has 0 spiro atoms. The number of carboxylic acids is 1. The van der Waals surface area contributed by atoms with E-state index in [2.05, 4.69) is 15.5 Å². The number of aromatic carboxylic acids is 1. The Bertz CT molecular complexity index is 346. The van der Waals surface area contributed by atoms with Crippen molar-refractivity contribution in [3.63, 3.8) is 0 Å². The number of H-pyrrole nitrogens is 1. The molecule has 0 unspecified atom stereocenters. The van der Waals surface area contributed by atoms with Crippen molar-refractivity contribution < 1.29 is 19.8 Å². The van der Waals surface area contributed by atoms with Crippen molar-refractivity contribution in [2.24, 2.45) is 0 Å². The Morgan fingerprint density at radius 3 is 2.79 bits per heavy atom. The van der Waals surface area contributed by atoms with E-state index in [0.717, 1.165) is 6.07 Å². The van der Waals surface area contributed by atoms with Gasteiger partial charge in [0.15, 0.2) is 5.69 Å². The zero-order valence-electron chi connectivity index (χ0n) is 7.15. The zero-order valence-corrected chi connectivity index (χ0v) is 7.15. The van der Waals surface area contributed by atoms with Crippen LogP contribution < -0.4 is 5.32 Å². The SMILES string of the molecule is O=C(NCCO)c1cc(C(=O)O)[nH]n1. The van der Waals surface area contributed by atoms with Crippen molar-refractivity contribution >= 4 is 11.9 Å². The second-order valence-electron chi connectivity index (χ2n) is 2.45. The molecular weight excluding hydrogens is 190 g/mol. The van der Waals surface area contributed by atoms with Gasteiger partial charge in [-0.3, -0.25) is 9.89 Å². The van der Waals surface area contributed by atoms with E-state index in [1.807, 2.05) is 0 Å². The molecule has 0 aliphatic rings. The van der Waals surface area contributed by atoms with Gasteiger partial charge in [-0.25, -0.2) is 4.79 Å². The normalized spacial score (nSPS) is 9.79. The number of carboxylic acid groups (broad SMARTS) is 1. The van der Waals surface area contributed by atoms with Gasteiger partial charge in [-0.15, -0.1) is 0 Å². The van der Waals surface area contributed by atoms with Gasteiger partial charge in [-0.2, -0.15) is 5.10 Å². The molecule has 1 aromatic heterocycles. The molecule has 1 rings (SSSR count). The highest BCUT2D eigenvalue weighted by atomic mass is 16.4. The van der Waals surface area contributed by atoms with E-state index < -0.39 is 11.9 Å². The number of aromatic nitrogens is 2. The van der Waals surface area contributed by atoms with Crippen molar-refractivity contribution in [3.05, 3.63) is 17.5 Å². The smallest absolute Gasteiger partial charge is 0.353 e. The van der Waals surface area contributed by atoms with Gasteiger partial charge >= 0.3 is 5.97 Å². The van der Waals surface area contributed by atoms with Crippen LogP contribution in [0.3, 0.4) is 0 Å². The van der Waals surface area contributed by atoms with Crippen LogP contribution in [0.15, 0.2) is 6.07 Å². The molecular formula is C7H9N3O4. The molecule has 0 saturated heterocycles. The third-order valence-corrected chi connectivity index (χ3v) is 1.44. The third-order valence-electron chi connectivity index (χ3n) is 1.44. The first kappa shape index (κ1) is 10.2. The van der Waals surface area contributed by atoms with E-state index >= 15 is 0 Å². The molecule has 1 heterocycles. The number of aromatic amines is 1. The van der Waals surface area contributed by atoms with E-state index in [-0.39, 0.29) is 24.5 Å². The standard InChI is InChI=1S/C7H9N3O4/c11-2-1-8-6(12)4-3-5(7(13)14)10-9-4/h3,11H,1-2H2,(H,8,12)(H,9,10)(H,13,14). The number of nitrogens with one attached hydrogen (secondary N) is 2. The first-order valence-electron chi connectivity index (χ1n) is 3.83. The largest absolute Gasteiger partial charge is 0.477 e. The number of nitrogens with zero attached hydrogens (tertiary/aromatic N) is 1. The Balaban J connectivity index is 2.66. The molecule has 0 aromatic carbocycles. The fourth-order valence-electron chi connectivity index (χ4n) is 0.808. The molecule has 1 amide bonds. The summed E-state index contributed by atoms with van der Waals surface area (Å²) in [6, 6.07) is 1.12. The van der Waals surface area contributed by atoms with E-state index in [0.29, 0.717) is 0 Å². The Kier molecular flexibility index (Phi) is 3.19. The summed E-state index contributed by atoms with van der Waals surface area (Å²) in [6.07, 6.45) is 0. The minimum absolute atomic E-state index is 0.0177. The van der Waals surface area contributed by atoms with Crippen LogP contribution in [0.25, 0.3) is 0 Å². The monoisotopic (exact) mass is 199 g/mol. The van der Waals surface area contributed by atoms with Gasteiger partial charge in [0.2, 0.25) is 0 Å². The van der Waals surface area contributed by atoms with Crippen molar-refractivity contribution in [2.45, 2.75) is 0 Å². The van der Waals surface area contributed by atoms with Crippen LogP contribution in [-0.4, -0.2) is 45.4 Å². The lowest BCUT2D eigenvalue weighted by atomic mass is 10.3. The van der Waals surface area contributed by atoms with Crippen molar-refractivity contribution in [1.29, 1.82) is 0 Å². The first-order chi connectivity index (χ1) is 6.65. The number of hydrogen-bond donors (Lipinski definition) is 4. The van der Waals surface area contributed by atoms with E-state index in [4.69, 9.17) is 10.2 Å². The van der Waals surface area contributed by atoms with Crippen molar-refractivity contribution in [2.75, 3.05) is 13.2 Å². The molecule has 1 aromatic rings. The molecule has 0 radical (unpaired) electrons. The van der Waals surface area contributed by atoms with E-state index in [1.165, 1.54) is 0 Å². The summed E-state index contributed by atoms with van der Waals surface area (Å²) < 4.78 is 0.